The van der Waals surface area contributed by atoms with Gasteiger partial charge < -0.3 is 30.6 Å². The lowest BCUT2D eigenvalue weighted by Gasteiger charge is -2.35. The molecular formula is C20H41N3O5. The molecule has 0 saturated heterocycles. The molecule has 0 aliphatic heterocycles. The summed E-state index contributed by atoms with van der Waals surface area (Å²) in [4.78, 5) is 23.5. The minimum atomic E-state index is -1.10. The molecule has 0 aromatic heterocycles. The molecule has 0 rings (SSSR count). The van der Waals surface area contributed by atoms with Crippen LogP contribution in [0.15, 0.2) is 0 Å². The van der Waals surface area contributed by atoms with Crippen molar-refractivity contribution >= 4 is 11.9 Å². The molecule has 0 spiro atoms. The predicted molar refractivity (Wildman–Crippen MR) is 110 cm³/mol. The highest BCUT2D eigenvalue weighted by Gasteiger charge is 2.34. The van der Waals surface area contributed by atoms with Gasteiger partial charge in [0, 0.05) is 13.7 Å². The van der Waals surface area contributed by atoms with Gasteiger partial charge in [-0.1, -0.05) is 6.92 Å². The Labute approximate surface area is 170 Å². The lowest BCUT2D eigenvalue weighted by atomic mass is 9.96. The molecule has 0 saturated carbocycles. The Balaban J connectivity index is 4.51. The van der Waals surface area contributed by atoms with Crippen molar-refractivity contribution in [1.82, 2.24) is 10.6 Å². The molecule has 2 atom stereocenters. The van der Waals surface area contributed by atoms with E-state index in [1.165, 1.54) is 0 Å². The molecule has 0 aromatic carbocycles. The zero-order chi connectivity index (χ0) is 22.0. The number of hydrogen-bond donors (Lipinski definition) is 3. The molecule has 3 amide bonds. The molecule has 4 N–H and O–H groups in total. The highest BCUT2D eigenvalue weighted by Crippen LogP contribution is 2.23. The first kappa shape index (κ1) is 26.6. The number of nitrogens with two attached hydrogens (primary N) is 1. The smallest absolute Gasteiger partial charge is 0.313 e. The zero-order valence-corrected chi connectivity index (χ0v) is 18.9. The normalized spacial score (nSPS) is 15.6. The van der Waals surface area contributed by atoms with Crippen LogP contribution in [-0.4, -0.2) is 61.7 Å². The first-order chi connectivity index (χ1) is 12.8. The van der Waals surface area contributed by atoms with E-state index in [0.717, 1.165) is 19.3 Å². The van der Waals surface area contributed by atoms with Crippen molar-refractivity contribution in [3.8, 4) is 0 Å². The molecule has 0 aromatic rings. The fourth-order valence-corrected chi connectivity index (χ4v) is 2.54. The fourth-order valence-electron chi connectivity index (χ4n) is 2.54. The minimum Gasteiger partial charge on any atom is -0.382 e. The van der Waals surface area contributed by atoms with Crippen LogP contribution in [0.1, 0.15) is 67.7 Å². The molecule has 0 aliphatic rings. The van der Waals surface area contributed by atoms with Crippen LogP contribution < -0.4 is 16.4 Å². The number of rotatable bonds is 14. The molecule has 8 nitrogen and oxygen atoms in total. The standard InChI is InChI=1S/C20H41N3O5/c1-9-20(7,28-14-13-26-8)11-10-12-27-19(5,6)15(2)22-16(24)18(3,4)23-17(21)25/h15H,9-14H2,1-8H3,(H,22,24)(H3,21,23,25). The fraction of sp³-hybridized carbons (Fsp3) is 0.900. The Morgan fingerprint density at radius 3 is 2.14 bits per heavy atom. The van der Waals surface area contributed by atoms with Gasteiger partial charge >= 0.3 is 6.03 Å². The lowest BCUT2D eigenvalue weighted by molar-refractivity contribution is -0.129. The summed E-state index contributed by atoms with van der Waals surface area (Å²) in [6.45, 7) is 14.9. The maximum atomic E-state index is 12.4. The van der Waals surface area contributed by atoms with E-state index in [4.69, 9.17) is 19.9 Å². The Morgan fingerprint density at radius 1 is 1.04 bits per heavy atom. The largest absolute Gasteiger partial charge is 0.382 e. The Kier molecular flexibility index (Phi) is 11.0. The van der Waals surface area contributed by atoms with Gasteiger partial charge in [0.15, 0.2) is 0 Å². The highest BCUT2D eigenvalue weighted by molar-refractivity contribution is 5.90. The predicted octanol–water partition coefficient (Wildman–Crippen LogP) is 2.35. The Bertz CT molecular complexity index is 496. The molecule has 28 heavy (non-hydrogen) atoms. The number of methoxy groups -OCH3 is 1. The minimum absolute atomic E-state index is 0.198. The van der Waals surface area contributed by atoms with Gasteiger partial charge in [0.2, 0.25) is 5.91 Å². The number of hydrogen-bond acceptors (Lipinski definition) is 5. The summed E-state index contributed by atoms with van der Waals surface area (Å²) in [5.41, 5.74) is 3.26. The molecule has 0 bridgehead atoms. The molecule has 0 heterocycles. The average molecular weight is 404 g/mol. The second-order valence-electron chi connectivity index (χ2n) is 8.51. The van der Waals surface area contributed by atoms with E-state index < -0.39 is 17.2 Å². The summed E-state index contributed by atoms with van der Waals surface area (Å²) in [5.74, 6) is -0.319. The van der Waals surface area contributed by atoms with E-state index in [2.05, 4.69) is 24.5 Å². The molecular weight excluding hydrogens is 362 g/mol. The second kappa shape index (κ2) is 11.6. The van der Waals surface area contributed by atoms with E-state index >= 15 is 0 Å². The van der Waals surface area contributed by atoms with Crippen molar-refractivity contribution in [2.75, 3.05) is 26.9 Å². The third-order valence-corrected chi connectivity index (χ3v) is 5.20. The number of carbonyl (C=O) groups is 2. The van der Waals surface area contributed by atoms with E-state index in [1.54, 1.807) is 21.0 Å². The Morgan fingerprint density at radius 2 is 1.64 bits per heavy atom. The van der Waals surface area contributed by atoms with Gasteiger partial charge in [-0.2, -0.15) is 0 Å². The van der Waals surface area contributed by atoms with Crippen LogP contribution in [-0.2, 0) is 19.0 Å². The number of nitrogens with one attached hydrogen (secondary N) is 2. The molecule has 0 fully saturated rings. The highest BCUT2D eigenvalue weighted by atomic mass is 16.5. The lowest BCUT2D eigenvalue weighted by Crippen LogP contribution is -2.60. The molecule has 166 valence electrons. The third-order valence-electron chi connectivity index (χ3n) is 5.20. The summed E-state index contributed by atoms with van der Waals surface area (Å²) in [7, 11) is 1.66. The average Bonchev–Trinajstić information content (AvgIpc) is 2.57. The summed E-state index contributed by atoms with van der Waals surface area (Å²) in [5, 5.41) is 5.33. The van der Waals surface area contributed by atoms with Gasteiger partial charge in [-0.15, -0.1) is 0 Å². The van der Waals surface area contributed by atoms with Gasteiger partial charge in [-0.3, -0.25) is 4.79 Å². The second-order valence-corrected chi connectivity index (χ2v) is 8.51. The molecule has 8 heteroatoms. The van der Waals surface area contributed by atoms with E-state index in [-0.39, 0.29) is 17.6 Å². The van der Waals surface area contributed by atoms with Crippen LogP contribution in [0.25, 0.3) is 0 Å². The molecule has 0 aliphatic carbocycles. The number of ether oxygens (including phenoxy) is 3. The number of amides is 3. The van der Waals surface area contributed by atoms with Crippen LogP contribution in [0.3, 0.4) is 0 Å². The quantitative estimate of drug-likeness (QED) is 0.385. The summed E-state index contributed by atoms with van der Waals surface area (Å²) < 4.78 is 17.0. The topological polar surface area (TPSA) is 112 Å². The van der Waals surface area contributed by atoms with Crippen molar-refractivity contribution in [3.05, 3.63) is 0 Å². The van der Waals surface area contributed by atoms with Gasteiger partial charge in [0.05, 0.1) is 30.5 Å². The first-order valence-electron chi connectivity index (χ1n) is 9.95. The van der Waals surface area contributed by atoms with Gasteiger partial charge in [-0.05, 0) is 60.8 Å². The SMILES string of the molecule is CCC(C)(CCCOC(C)(C)C(C)NC(=O)C(C)(C)NC(N)=O)OCCOC. The van der Waals surface area contributed by atoms with Crippen molar-refractivity contribution in [2.24, 2.45) is 5.73 Å². The van der Waals surface area contributed by atoms with Crippen LogP contribution in [0, 0.1) is 0 Å². The Hall–Kier alpha value is -1.38. The van der Waals surface area contributed by atoms with Crippen LogP contribution >= 0.6 is 0 Å². The summed E-state index contributed by atoms with van der Waals surface area (Å²) in [6.07, 6.45) is 2.63. The van der Waals surface area contributed by atoms with Crippen LogP contribution in [0.2, 0.25) is 0 Å². The van der Waals surface area contributed by atoms with Gasteiger partial charge in [-0.25, -0.2) is 4.79 Å². The van der Waals surface area contributed by atoms with Crippen molar-refractivity contribution in [3.63, 3.8) is 0 Å². The zero-order valence-electron chi connectivity index (χ0n) is 18.9. The van der Waals surface area contributed by atoms with Gasteiger partial charge in [0.1, 0.15) is 5.54 Å². The molecule has 2 unspecified atom stereocenters. The summed E-state index contributed by atoms with van der Waals surface area (Å²) >= 11 is 0. The van der Waals surface area contributed by atoms with Crippen molar-refractivity contribution in [1.29, 1.82) is 0 Å². The van der Waals surface area contributed by atoms with Crippen molar-refractivity contribution in [2.45, 2.75) is 90.5 Å². The number of primary amides is 1. The van der Waals surface area contributed by atoms with Crippen LogP contribution in [0.5, 0.6) is 0 Å². The maximum Gasteiger partial charge on any atom is 0.313 e. The van der Waals surface area contributed by atoms with Gasteiger partial charge in [0.25, 0.3) is 0 Å². The van der Waals surface area contributed by atoms with E-state index in [0.29, 0.717) is 19.8 Å². The monoisotopic (exact) mass is 403 g/mol. The van der Waals surface area contributed by atoms with E-state index in [1.807, 2.05) is 20.8 Å². The number of urea groups is 1. The number of carbonyl (C=O) groups excluding carboxylic acids is 2. The molecule has 0 radical (unpaired) electrons. The van der Waals surface area contributed by atoms with Crippen molar-refractivity contribution < 1.29 is 23.8 Å². The maximum absolute atomic E-state index is 12.4. The summed E-state index contributed by atoms with van der Waals surface area (Å²) in [6, 6.07) is -1.00. The van der Waals surface area contributed by atoms with Crippen LogP contribution in [0.4, 0.5) is 4.79 Å². The first-order valence-corrected chi connectivity index (χ1v) is 9.95. The van der Waals surface area contributed by atoms with E-state index in [9.17, 15) is 9.59 Å². The third kappa shape index (κ3) is 9.71.